The lowest BCUT2D eigenvalue weighted by atomic mass is 10.2. The van der Waals surface area contributed by atoms with Crippen molar-refractivity contribution in [2.24, 2.45) is 0 Å². The number of hydrogen-bond acceptors (Lipinski definition) is 8. The Morgan fingerprint density at radius 1 is 0.926 bits per heavy atom. The zero-order chi connectivity index (χ0) is 18.9. The molecule has 0 aliphatic carbocycles. The fourth-order valence-corrected chi connectivity index (χ4v) is 2.85. The van der Waals surface area contributed by atoms with E-state index in [4.69, 9.17) is 20.6 Å². The SMILES string of the molecule is N=Cc1ccccc1.Nc1cc(N2CCOCC2)nc(N2CCOCC2)n1.[HH]. The Bertz CT molecular complexity index is 685. The molecule has 8 heteroatoms. The molecule has 2 aliphatic heterocycles. The van der Waals surface area contributed by atoms with Crippen LogP contribution in [0.1, 0.15) is 6.99 Å². The highest BCUT2D eigenvalue weighted by Gasteiger charge is 2.18. The van der Waals surface area contributed by atoms with Gasteiger partial charge in [0.2, 0.25) is 5.95 Å². The van der Waals surface area contributed by atoms with Gasteiger partial charge in [0.15, 0.2) is 0 Å². The molecule has 0 bridgehead atoms. The Kier molecular flexibility index (Phi) is 6.95. The van der Waals surface area contributed by atoms with Crippen LogP contribution in [0.2, 0.25) is 0 Å². The number of morpholine rings is 2. The number of ether oxygens (including phenoxy) is 2. The van der Waals surface area contributed by atoms with Crippen molar-refractivity contribution < 1.29 is 10.9 Å². The third kappa shape index (κ3) is 5.63. The van der Waals surface area contributed by atoms with E-state index in [0.717, 1.165) is 50.8 Å². The number of nitrogens with two attached hydrogens (primary N) is 1. The van der Waals surface area contributed by atoms with Crippen LogP contribution >= 0.6 is 0 Å². The normalized spacial score (nSPS) is 17.0. The van der Waals surface area contributed by atoms with E-state index in [0.29, 0.717) is 25.0 Å². The lowest BCUT2D eigenvalue weighted by Crippen LogP contribution is -2.39. The van der Waals surface area contributed by atoms with Gasteiger partial charge in [-0.05, 0) is 5.56 Å². The smallest absolute Gasteiger partial charge is 0.229 e. The van der Waals surface area contributed by atoms with Gasteiger partial charge in [-0.3, -0.25) is 0 Å². The number of rotatable bonds is 3. The number of benzene rings is 1. The number of nitrogens with zero attached hydrogens (tertiary/aromatic N) is 4. The lowest BCUT2D eigenvalue weighted by Gasteiger charge is -2.30. The molecule has 2 saturated heterocycles. The van der Waals surface area contributed by atoms with E-state index in [1.165, 1.54) is 6.21 Å². The van der Waals surface area contributed by atoms with Gasteiger partial charge in [0, 0.05) is 39.9 Å². The van der Waals surface area contributed by atoms with Crippen LogP contribution in [0.4, 0.5) is 17.6 Å². The number of hydrogen-bond donors (Lipinski definition) is 2. The Balaban J connectivity index is 0.000000264. The molecule has 2 aliphatic rings. The summed E-state index contributed by atoms with van der Waals surface area (Å²) in [4.78, 5) is 13.3. The molecule has 0 saturated carbocycles. The molecule has 0 amide bonds. The van der Waals surface area contributed by atoms with Gasteiger partial charge < -0.3 is 30.4 Å². The van der Waals surface area contributed by atoms with Gasteiger partial charge in [-0.15, -0.1) is 0 Å². The Morgan fingerprint density at radius 2 is 1.52 bits per heavy atom. The van der Waals surface area contributed by atoms with Crippen LogP contribution in [0.15, 0.2) is 36.4 Å². The lowest BCUT2D eigenvalue weighted by molar-refractivity contribution is 0.121. The minimum atomic E-state index is 0. The Labute approximate surface area is 160 Å². The standard InChI is InChI=1S/C12H19N5O2.C7H7N.H2/c13-10-9-11(16-1-5-18-6-2-16)15-12(14-10)17-3-7-19-8-4-17;8-6-7-4-2-1-3-5-7;/h9H,1-8H2,(H2,13,14,15);1-6,8H;1H. The fourth-order valence-electron chi connectivity index (χ4n) is 2.85. The summed E-state index contributed by atoms with van der Waals surface area (Å²) in [6.45, 7) is 6.21. The van der Waals surface area contributed by atoms with Crippen molar-refractivity contribution in [2.75, 3.05) is 68.1 Å². The second-order valence-corrected chi connectivity index (χ2v) is 6.20. The third-order valence-electron chi connectivity index (χ3n) is 4.32. The van der Waals surface area contributed by atoms with Crippen LogP contribution in [0.5, 0.6) is 0 Å². The van der Waals surface area contributed by atoms with E-state index in [9.17, 15) is 0 Å². The van der Waals surface area contributed by atoms with Gasteiger partial charge in [-0.1, -0.05) is 30.3 Å². The van der Waals surface area contributed by atoms with E-state index in [1.54, 1.807) is 0 Å². The highest BCUT2D eigenvalue weighted by atomic mass is 16.5. The van der Waals surface area contributed by atoms with Crippen LogP contribution in [-0.4, -0.2) is 68.8 Å². The van der Waals surface area contributed by atoms with Crippen LogP contribution in [0.3, 0.4) is 0 Å². The van der Waals surface area contributed by atoms with E-state index < -0.39 is 0 Å². The minimum absolute atomic E-state index is 0. The summed E-state index contributed by atoms with van der Waals surface area (Å²) in [5, 5.41) is 6.82. The van der Waals surface area contributed by atoms with E-state index in [1.807, 2.05) is 36.4 Å². The van der Waals surface area contributed by atoms with Gasteiger partial charge in [-0.2, -0.15) is 9.97 Å². The minimum Gasteiger partial charge on any atom is -0.383 e. The topological polar surface area (TPSA) is 101 Å². The van der Waals surface area contributed by atoms with E-state index >= 15 is 0 Å². The largest absolute Gasteiger partial charge is 0.383 e. The summed E-state index contributed by atoms with van der Waals surface area (Å²) in [7, 11) is 0. The highest BCUT2D eigenvalue weighted by molar-refractivity contribution is 5.76. The van der Waals surface area contributed by atoms with Crippen molar-refractivity contribution in [2.45, 2.75) is 0 Å². The van der Waals surface area contributed by atoms with Crippen molar-refractivity contribution in [3.05, 3.63) is 42.0 Å². The molecule has 4 rings (SSSR count). The summed E-state index contributed by atoms with van der Waals surface area (Å²) in [6.07, 6.45) is 1.33. The molecule has 27 heavy (non-hydrogen) atoms. The van der Waals surface area contributed by atoms with Crippen molar-refractivity contribution in [1.29, 1.82) is 5.41 Å². The van der Waals surface area contributed by atoms with Crippen LogP contribution in [0, 0.1) is 5.41 Å². The predicted molar refractivity (Wildman–Crippen MR) is 109 cm³/mol. The molecule has 2 fully saturated rings. The number of nitrogens with one attached hydrogen (secondary N) is 1. The summed E-state index contributed by atoms with van der Waals surface area (Å²) in [5.41, 5.74) is 6.86. The molecule has 0 unspecified atom stereocenters. The van der Waals surface area contributed by atoms with Gasteiger partial charge in [0.25, 0.3) is 0 Å². The summed E-state index contributed by atoms with van der Waals surface area (Å²) in [6, 6.07) is 11.4. The van der Waals surface area contributed by atoms with Crippen LogP contribution in [-0.2, 0) is 9.47 Å². The van der Waals surface area contributed by atoms with Crippen molar-refractivity contribution >= 4 is 23.8 Å². The maximum atomic E-state index is 6.82. The van der Waals surface area contributed by atoms with Crippen molar-refractivity contribution in [1.82, 2.24) is 9.97 Å². The first-order chi connectivity index (χ1) is 13.3. The first-order valence-electron chi connectivity index (χ1n) is 9.12. The van der Waals surface area contributed by atoms with E-state index in [2.05, 4.69) is 19.8 Å². The predicted octanol–water partition coefficient (Wildman–Crippen LogP) is 1.66. The van der Waals surface area contributed by atoms with Crippen LogP contribution in [0.25, 0.3) is 0 Å². The maximum Gasteiger partial charge on any atom is 0.229 e. The highest BCUT2D eigenvalue weighted by Crippen LogP contribution is 2.20. The number of nitrogen functional groups attached to an aromatic ring is 1. The quantitative estimate of drug-likeness (QED) is 0.790. The maximum absolute atomic E-state index is 6.82. The van der Waals surface area contributed by atoms with Gasteiger partial charge in [-0.25, -0.2) is 0 Å². The number of anilines is 3. The monoisotopic (exact) mass is 372 g/mol. The van der Waals surface area contributed by atoms with E-state index in [-0.39, 0.29) is 1.43 Å². The zero-order valence-corrected chi connectivity index (χ0v) is 15.4. The third-order valence-corrected chi connectivity index (χ3v) is 4.32. The molecular weight excluding hydrogens is 344 g/mol. The average molecular weight is 372 g/mol. The van der Waals surface area contributed by atoms with Gasteiger partial charge in [0.05, 0.1) is 26.4 Å². The summed E-state index contributed by atoms with van der Waals surface area (Å²) < 4.78 is 10.7. The summed E-state index contributed by atoms with van der Waals surface area (Å²) in [5.74, 6) is 2.10. The fraction of sp³-hybridized carbons (Fsp3) is 0.421. The van der Waals surface area contributed by atoms with Crippen molar-refractivity contribution in [3.8, 4) is 0 Å². The second kappa shape index (κ2) is 9.84. The zero-order valence-electron chi connectivity index (χ0n) is 15.4. The molecule has 1 aromatic carbocycles. The number of aromatic nitrogens is 2. The van der Waals surface area contributed by atoms with Crippen molar-refractivity contribution in [3.63, 3.8) is 0 Å². The molecule has 2 aromatic rings. The molecule has 0 spiro atoms. The molecular formula is C19H28N6O2. The van der Waals surface area contributed by atoms with Crippen LogP contribution < -0.4 is 15.5 Å². The van der Waals surface area contributed by atoms with Gasteiger partial charge in [0.1, 0.15) is 11.6 Å². The molecule has 8 nitrogen and oxygen atoms in total. The molecule has 3 heterocycles. The molecule has 0 radical (unpaired) electrons. The summed E-state index contributed by atoms with van der Waals surface area (Å²) >= 11 is 0. The molecule has 3 N–H and O–H groups in total. The van der Waals surface area contributed by atoms with Gasteiger partial charge >= 0.3 is 0 Å². The molecule has 1 aromatic heterocycles. The first-order valence-corrected chi connectivity index (χ1v) is 9.12. The molecule has 0 atom stereocenters. The first kappa shape index (κ1) is 19.1. The Morgan fingerprint density at radius 3 is 2.07 bits per heavy atom. The second-order valence-electron chi connectivity index (χ2n) is 6.20. The average Bonchev–Trinajstić information content (AvgIpc) is 2.75. The Hall–Kier alpha value is -2.71. The molecule has 146 valence electrons.